The molecule has 272 valence electrons. The predicted molar refractivity (Wildman–Crippen MR) is 226 cm³/mol. The van der Waals surface area contributed by atoms with Crippen molar-refractivity contribution in [1.29, 1.82) is 0 Å². The van der Waals surface area contributed by atoms with Crippen LogP contribution in [0.5, 0.6) is 0 Å². The molecule has 0 radical (unpaired) electrons. The van der Waals surface area contributed by atoms with Crippen LogP contribution in [0.15, 0.2) is 152 Å². The van der Waals surface area contributed by atoms with Gasteiger partial charge in [-0.15, -0.1) is 0 Å². The molecule has 0 heterocycles. The lowest BCUT2D eigenvalue weighted by Gasteiger charge is -2.57. The lowest BCUT2D eigenvalue weighted by Crippen LogP contribution is -2.48. The van der Waals surface area contributed by atoms with Gasteiger partial charge < -0.3 is 4.90 Å². The Morgan fingerprint density at radius 3 is 1.42 bits per heavy atom. The molecule has 6 aromatic rings. The highest BCUT2D eigenvalue weighted by Crippen LogP contribution is 2.61. The first-order valence-electron chi connectivity index (χ1n) is 21.5. The van der Waals surface area contributed by atoms with Gasteiger partial charge in [0.15, 0.2) is 0 Å². The minimum absolute atomic E-state index is 0.389. The van der Waals surface area contributed by atoms with Crippen LogP contribution in [-0.4, -0.2) is 0 Å². The van der Waals surface area contributed by atoms with Crippen LogP contribution in [-0.2, 0) is 10.8 Å². The van der Waals surface area contributed by atoms with Gasteiger partial charge >= 0.3 is 0 Å². The third kappa shape index (κ3) is 4.90. The van der Waals surface area contributed by atoms with Gasteiger partial charge in [0.2, 0.25) is 0 Å². The minimum Gasteiger partial charge on any atom is -0.311 e. The third-order valence-electron chi connectivity index (χ3n) is 15.8. The molecule has 0 aliphatic heterocycles. The summed E-state index contributed by atoms with van der Waals surface area (Å²) in [7, 11) is 0. The van der Waals surface area contributed by atoms with E-state index in [4.69, 9.17) is 0 Å². The topological polar surface area (TPSA) is 3.24 Å². The zero-order valence-corrected chi connectivity index (χ0v) is 31.9. The molecule has 0 amide bonds. The fraction of sp³-hybridized carbons (Fsp3) is 0.333. The molecule has 0 aromatic heterocycles. The molecule has 6 saturated carbocycles. The molecule has 13 rings (SSSR count). The van der Waals surface area contributed by atoms with E-state index in [0.29, 0.717) is 5.41 Å². The van der Waals surface area contributed by atoms with Gasteiger partial charge in [-0.25, -0.2) is 0 Å². The number of fused-ring (bicyclic) bond motifs is 5. The monoisotopic (exact) mass is 713 g/mol. The molecule has 1 heteroatoms. The molecule has 0 spiro atoms. The molecule has 7 aliphatic carbocycles. The molecular formula is C54H51N. The second-order valence-electron chi connectivity index (χ2n) is 18.7. The van der Waals surface area contributed by atoms with Gasteiger partial charge in [0, 0.05) is 17.1 Å². The van der Waals surface area contributed by atoms with Crippen molar-refractivity contribution in [2.75, 3.05) is 4.90 Å². The second-order valence-corrected chi connectivity index (χ2v) is 18.7. The molecule has 6 fully saturated rings. The van der Waals surface area contributed by atoms with Gasteiger partial charge in [0.25, 0.3) is 0 Å². The van der Waals surface area contributed by atoms with Crippen molar-refractivity contribution in [3.8, 4) is 11.1 Å². The molecule has 55 heavy (non-hydrogen) atoms. The molecule has 0 saturated heterocycles. The Kier molecular flexibility index (Phi) is 7.25. The first-order valence-corrected chi connectivity index (χ1v) is 21.5. The Labute approximate surface area is 327 Å². The van der Waals surface area contributed by atoms with Crippen molar-refractivity contribution in [3.63, 3.8) is 0 Å². The van der Waals surface area contributed by atoms with Crippen LogP contribution in [0.1, 0.15) is 104 Å². The maximum Gasteiger partial charge on any atom is 0.0713 e. The van der Waals surface area contributed by atoms with Crippen molar-refractivity contribution >= 4 is 17.1 Å². The van der Waals surface area contributed by atoms with Crippen LogP contribution in [0, 0.1) is 29.6 Å². The van der Waals surface area contributed by atoms with Crippen LogP contribution in [0.2, 0.25) is 0 Å². The normalized spacial score (nSPS) is 28.9. The van der Waals surface area contributed by atoms with E-state index in [1.807, 2.05) is 0 Å². The van der Waals surface area contributed by atoms with Gasteiger partial charge in [0.05, 0.1) is 5.41 Å². The lowest BCUT2D eigenvalue weighted by molar-refractivity contribution is -0.00518. The maximum absolute atomic E-state index is 2.52. The van der Waals surface area contributed by atoms with Crippen LogP contribution in [0.25, 0.3) is 11.1 Å². The van der Waals surface area contributed by atoms with Gasteiger partial charge in [0.1, 0.15) is 0 Å². The van der Waals surface area contributed by atoms with Gasteiger partial charge in [-0.2, -0.15) is 0 Å². The fourth-order valence-electron chi connectivity index (χ4n) is 14.0. The summed E-state index contributed by atoms with van der Waals surface area (Å²) in [5.41, 5.74) is 14.9. The summed E-state index contributed by atoms with van der Waals surface area (Å²) in [6, 6.07) is 58.6. The van der Waals surface area contributed by atoms with Gasteiger partial charge in [-0.1, -0.05) is 122 Å². The molecule has 0 N–H and O–H groups in total. The van der Waals surface area contributed by atoms with Crippen molar-refractivity contribution in [3.05, 3.63) is 185 Å². The zero-order valence-electron chi connectivity index (χ0n) is 31.9. The number of hydrogen-bond donors (Lipinski definition) is 0. The number of anilines is 3. The fourth-order valence-corrected chi connectivity index (χ4v) is 14.0. The highest BCUT2D eigenvalue weighted by molar-refractivity contribution is 5.86. The van der Waals surface area contributed by atoms with E-state index in [2.05, 4.69) is 157 Å². The first kappa shape index (κ1) is 32.4. The summed E-state index contributed by atoms with van der Waals surface area (Å²) in [5, 5.41) is 0. The van der Waals surface area contributed by atoms with Crippen LogP contribution in [0.4, 0.5) is 17.1 Å². The van der Waals surface area contributed by atoms with Crippen molar-refractivity contribution in [1.82, 2.24) is 0 Å². The van der Waals surface area contributed by atoms with Crippen LogP contribution in [0.3, 0.4) is 0 Å². The Morgan fingerprint density at radius 1 is 0.400 bits per heavy atom. The number of nitrogens with zero attached hydrogens (tertiary/aromatic N) is 1. The number of benzene rings is 6. The Balaban J connectivity index is 0.962. The standard InChI is InChI=1S/C54H51N/c1-2-8-43(9-3-1)54(51-12-6-4-10-48(51)49-11-5-7-13-52(49)54)44-20-26-47(27-21-44)55(45-22-16-40(17-23-45)50-32-36-14-15-41(50)31-36)46-24-18-42(19-25-46)53-33-37-28-38(34-53)30-39(29-37)35-53/h1-13,16-27,36-39,41,50H,14-15,28-35H2. The summed E-state index contributed by atoms with van der Waals surface area (Å²) in [5.74, 6) is 5.44. The molecule has 3 unspecified atom stereocenters. The summed E-state index contributed by atoms with van der Waals surface area (Å²) in [6.07, 6.45) is 14.4. The van der Waals surface area contributed by atoms with Gasteiger partial charge in [-0.3, -0.25) is 0 Å². The zero-order chi connectivity index (χ0) is 36.1. The molecule has 6 bridgehead atoms. The largest absolute Gasteiger partial charge is 0.311 e. The maximum atomic E-state index is 2.52. The van der Waals surface area contributed by atoms with E-state index in [1.54, 1.807) is 11.1 Å². The molecular weight excluding hydrogens is 663 g/mol. The SMILES string of the molecule is c1ccc(C2(c3ccc(N(c4ccc(C5CC6CCC5C6)cc4)c4ccc(C56CC7CC(CC(C7)C5)C6)cc4)cc3)c3ccccc3-c3ccccc32)cc1. The first-order chi connectivity index (χ1) is 27.1. The molecule has 1 nitrogen and oxygen atoms in total. The summed E-state index contributed by atoms with van der Waals surface area (Å²) in [6.45, 7) is 0. The van der Waals surface area contributed by atoms with Crippen LogP contribution < -0.4 is 4.90 Å². The third-order valence-corrected chi connectivity index (χ3v) is 15.8. The average molecular weight is 714 g/mol. The van der Waals surface area contributed by atoms with Crippen molar-refractivity contribution in [2.45, 2.75) is 81.0 Å². The van der Waals surface area contributed by atoms with E-state index >= 15 is 0 Å². The summed E-state index contributed by atoms with van der Waals surface area (Å²) < 4.78 is 0. The number of hydrogen-bond acceptors (Lipinski definition) is 1. The molecule has 6 aromatic carbocycles. The molecule has 7 aliphatic rings. The Hall–Kier alpha value is -4.88. The quantitative estimate of drug-likeness (QED) is 0.159. The second kappa shape index (κ2) is 12.3. The average Bonchev–Trinajstić information content (AvgIpc) is 3.95. The summed E-state index contributed by atoms with van der Waals surface area (Å²) >= 11 is 0. The predicted octanol–water partition coefficient (Wildman–Crippen LogP) is 13.9. The van der Waals surface area contributed by atoms with E-state index in [-0.39, 0.29) is 5.41 Å². The summed E-state index contributed by atoms with van der Waals surface area (Å²) in [4.78, 5) is 2.52. The smallest absolute Gasteiger partial charge is 0.0713 e. The van der Waals surface area contributed by atoms with Crippen molar-refractivity contribution in [2.24, 2.45) is 29.6 Å². The lowest BCUT2D eigenvalue weighted by atomic mass is 9.48. The Morgan fingerprint density at radius 2 is 0.891 bits per heavy atom. The van der Waals surface area contributed by atoms with E-state index in [1.165, 1.54) is 115 Å². The van der Waals surface area contributed by atoms with E-state index in [9.17, 15) is 0 Å². The number of rotatable bonds is 7. The highest BCUT2D eigenvalue weighted by Gasteiger charge is 2.51. The highest BCUT2D eigenvalue weighted by atomic mass is 15.1. The van der Waals surface area contributed by atoms with Crippen molar-refractivity contribution < 1.29 is 0 Å². The van der Waals surface area contributed by atoms with E-state index < -0.39 is 0 Å². The minimum atomic E-state index is -0.389. The van der Waals surface area contributed by atoms with Gasteiger partial charge in [-0.05, 0) is 180 Å². The molecule has 3 atom stereocenters. The Bertz CT molecular complexity index is 2290. The van der Waals surface area contributed by atoms with E-state index in [0.717, 1.165) is 35.5 Å². The van der Waals surface area contributed by atoms with Crippen LogP contribution >= 0.6 is 0 Å².